The van der Waals surface area contributed by atoms with Crippen LogP contribution in [0.4, 0.5) is 0 Å². The smallest absolute Gasteiger partial charge is 0.244 e. The molecule has 7 nitrogen and oxygen atoms in total. The molecule has 0 radical (unpaired) electrons. The number of carbonyl (C=O) groups excluding carboxylic acids is 1. The van der Waals surface area contributed by atoms with Crippen molar-refractivity contribution in [3.05, 3.63) is 64.8 Å². The zero-order chi connectivity index (χ0) is 21.9. The van der Waals surface area contributed by atoms with Gasteiger partial charge in [0.15, 0.2) is 0 Å². The fraction of sp³-hybridized carbons (Fsp3) is 0.304. The topological polar surface area (TPSA) is 75.4 Å². The average molecular weight is 466 g/mol. The second-order valence-electron chi connectivity index (χ2n) is 7.71. The molecule has 0 saturated carbocycles. The molecule has 1 atom stereocenters. The Balaban J connectivity index is 1.15. The van der Waals surface area contributed by atoms with E-state index >= 15 is 0 Å². The highest BCUT2D eigenvalue weighted by Gasteiger charge is 2.28. The van der Waals surface area contributed by atoms with Crippen LogP contribution in [0.2, 0.25) is 0 Å². The Hall–Kier alpha value is -2.88. The van der Waals surface area contributed by atoms with Crippen LogP contribution in [0.15, 0.2) is 57.7 Å². The molecule has 0 unspecified atom stereocenters. The van der Waals surface area contributed by atoms with Gasteiger partial charge >= 0.3 is 0 Å². The molecule has 32 heavy (non-hydrogen) atoms. The zero-order valence-corrected chi connectivity index (χ0v) is 19.3. The molecule has 1 aliphatic rings. The summed E-state index contributed by atoms with van der Waals surface area (Å²) in [5, 5.41) is 9.14. The summed E-state index contributed by atoms with van der Waals surface area (Å²) in [6, 6.07) is 13.9. The van der Waals surface area contributed by atoms with Crippen molar-refractivity contribution in [2.75, 3.05) is 26.2 Å². The molecule has 0 spiro atoms. The number of rotatable bonds is 6. The monoisotopic (exact) mass is 465 g/mol. The molecule has 4 aromatic rings. The number of thiazole rings is 1. The van der Waals surface area contributed by atoms with Crippen molar-refractivity contribution in [1.82, 2.24) is 24.9 Å². The number of hydrogen-bond acceptors (Lipinski definition) is 8. The maximum atomic E-state index is 12.8. The number of hydrogen-bond donors (Lipinski definition) is 0. The maximum Gasteiger partial charge on any atom is 0.244 e. The molecule has 1 saturated heterocycles. The molecule has 0 bridgehead atoms. The van der Waals surface area contributed by atoms with Gasteiger partial charge in [-0.05, 0) is 18.4 Å². The molecule has 1 aliphatic heterocycles. The van der Waals surface area contributed by atoms with Gasteiger partial charge in [0.05, 0.1) is 23.0 Å². The summed E-state index contributed by atoms with van der Waals surface area (Å²) in [6.45, 7) is 4.98. The Bertz CT molecular complexity index is 1160. The number of carbonyl (C=O) groups is 1. The van der Waals surface area contributed by atoms with E-state index in [0.717, 1.165) is 34.2 Å². The SMILES string of the molecule is C[C@@H](c1nc(-c2ccccc2)no1)N1CCN(C(=O)Cc2csc(-c3cccs3)n2)CC1. The summed E-state index contributed by atoms with van der Waals surface area (Å²) in [6.07, 6.45) is 0.349. The molecule has 9 heteroatoms. The predicted octanol–water partition coefficient (Wildman–Crippen LogP) is 4.37. The van der Waals surface area contributed by atoms with Gasteiger partial charge in [-0.2, -0.15) is 4.98 Å². The minimum absolute atomic E-state index is 0.00380. The lowest BCUT2D eigenvalue weighted by molar-refractivity contribution is -0.132. The second-order valence-corrected chi connectivity index (χ2v) is 9.52. The van der Waals surface area contributed by atoms with Gasteiger partial charge in [0.2, 0.25) is 17.6 Å². The first-order valence-corrected chi connectivity index (χ1v) is 12.3. The molecule has 164 valence electrons. The third-order valence-electron chi connectivity index (χ3n) is 5.66. The molecule has 0 aliphatic carbocycles. The van der Waals surface area contributed by atoms with Crippen molar-refractivity contribution in [3.8, 4) is 21.3 Å². The van der Waals surface area contributed by atoms with Gasteiger partial charge in [-0.15, -0.1) is 22.7 Å². The van der Waals surface area contributed by atoms with Crippen LogP contribution in [-0.4, -0.2) is 57.0 Å². The minimum atomic E-state index is 0.00380. The van der Waals surface area contributed by atoms with E-state index in [-0.39, 0.29) is 11.9 Å². The van der Waals surface area contributed by atoms with Gasteiger partial charge in [0.1, 0.15) is 5.01 Å². The van der Waals surface area contributed by atoms with Crippen LogP contribution in [-0.2, 0) is 11.2 Å². The number of amides is 1. The van der Waals surface area contributed by atoms with E-state index in [1.807, 2.05) is 52.1 Å². The highest BCUT2D eigenvalue weighted by Crippen LogP contribution is 2.28. The van der Waals surface area contributed by atoms with Crippen LogP contribution in [0.5, 0.6) is 0 Å². The summed E-state index contributed by atoms with van der Waals surface area (Å²) in [4.78, 5) is 27.4. The lowest BCUT2D eigenvalue weighted by Crippen LogP contribution is -2.49. The number of thiophene rings is 1. The third kappa shape index (κ3) is 4.50. The Morgan fingerprint density at radius 3 is 2.62 bits per heavy atom. The van der Waals surface area contributed by atoms with Gasteiger partial charge < -0.3 is 9.42 Å². The number of aromatic nitrogens is 3. The van der Waals surface area contributed by atoms with Crippen LogP contribution < -0.4 is 0 Å². The molecule has 1 aromatic carbocycles. The van der Waals surface area contributed by atoms with Gasteiger partial charge in [-0.3, -0.25) is 9.69 Å². The highest BCUT2D eigenvalue weighted by molar-refractivity contribution is 7.20. The first-order chi connectivity index (χ1) is 15.7. The Morgan fingerprint density at radius 1 is 1.06 bits per heavy atom. The van der Waals surface area contributed by atoms with E-state index in [2.05, 4.69) is 33.0 Å². The first-order valence-electron chi connectivity index (χ1n) is 10.6. The Morgan fingerprint density at radius 2 is 1.88 bits per heavy atom. The summed E-state index contributed by atoms with van der Waals surface area (Å²) >= 11 is 3.26. The fourth-order valence-corrected chi connectivity index (χ4v) is 5.43. The van der Waals surface area contributed by atoms with Crippen molar-refractivity contribution < 1.29 is 9.32 Å². The highest BCUT2D eigenvalue weighted by atomic mass is 32.1. The standard InChI is InChI=1S/C23H23N5O2S2/c1-16(22-25-21(26-30-22)17-6-3-2-4-7-17)27-9-11-28(12-10-27)20(29)14-18-15-32-23(24-18)19-8-5-13-31-19/h2-8,13,15-16H,9-12,14H2,1H3/t16-/m0/s1. The van der Waals surface area contributed by atoms with Crippen molar-refractivity contribution in [1.29, 1.82) is 0 Å². The second kappa shape index (κ2) is 9.32. The molecule has 5 rings (SSSR count). The van der Waals surface area contributed by atoms with E-state index in [0.29, 0.717) is 31.2 Å². The van der Waals surface area contributed by atoms with Crippen LogP contribution in [0, 0.1) is 0 Å². The fourth-order valence-electron chi connectivity index (χ4n) is 3.79. The molecule has 4 heterocycles. The number of benzene rings is 1. The van der Waals surface area contributed by atoms with E-state index in [4.69, 9.17) is 4.52 Å². The maximum absolute atomic E-state index is 12.8. The van der Waals surface area contributed by atoms with E-state index in [1.54, 1.807) is 22.7 Å². The molecule has 3 aromatic heterocycles. The number of piperazine rings is 1. The lowest BCUT2D eigenvalue weighted by Gasteiger charge is -2.36. The summed E-state index contributed by atoms with van der Waals surface area (Å²) in [7, 11) is 0. The minimum Gasteiger partial charge on any atom is -0.340 e. The summed E-state index contributed by atoms with van der Waals surface area (Å²) < 4.78 is 5.53. The molecular formula is C23H23N5O2S2. The predicted molar refractivity (Wildman–Crippen MR) is 125 cm³/mol. The first kappa shape index (κ1) is 21.0. The van der Waals surface area contributed by atoms with Crippen molar-refractivity contribution >= 4 is 28.6 Å². The van der Waals surface area contributed by atoms with E-state index in [9.17, 15) is 4.79 Å². The third-order valence-corrected chi connectivity index (χ3v) is 7.59. The van der Waals surface area contributed by atoms with Crippen molar-refractivity contribution in [2.45, 2.75) is 19.4 Å². The lowest BCUT2D eigenvalue weighted by atomic mass is 10.2. The normalized spacial score (nSPS) is 15.7. The van der Waals surface area contributed by atoms with Gasteiger partial charge in [-0.1, -0.05) is 41.6 Å². The average Bonchev–Trinajstić information content (AvgIpc) is 3.61. The van der Waals surface area contributed by atoms with Crippen LogP contribution in [0.25, 0.3) is 21.3 Å². The van der Waals surface area contributed by atoms with Gasteiger partial charge in [-0.25, -0.2) is 4.98 Å². The van der Waals surface area contributed by atoms with Crippen LogP contribution >= 0.6 is 22.7 Å². The van der Waals surface area contributed by atoms with Gasteiger partial charge in [0, 0.05) is 37.1 Å². The molecular weight excluding hydrogens is 442 g/mol. The Labute approximate surface area is 194 Å². The van der Waals surface area contributed by atoms with Crippen molar-refractivity contribution in [2.24, 2.45) is 0 Å². The quantitative estimate of drug-likeness (QED) is 0.421. The zero-order valence-electron chi connectivity index (χ0n) is 17.7. The largest absolute Gasteiger partial charge is 0.340 e. The Kier molecular flexibility index (Phi) is 6.11. The van der Waals surface area contributed by atoms with E-state index in [1.165, 1.54) is 0 Å². The summed E-state index contributed by atoms with van der Waals surface area (Å²) in [5.74, 6) is 1.34. The van der Waals surface area contributed by atoms with Gasteiger partial charge in [0.25, 0.3) is 0 Å². The van der Waals surface area contributed by atoms with Crippen molar-refractivity contribution in [3.63, 3.8) is 0 Å². The van der Waals surface area contributed by atoms with Crippen LogP contribution in [0.3, 0.4) is 0 Å². The molecule has 1 fully saturated rings. The number of nitrogens with zero attached hydrogens (tertiary/aromatic N) is 5. The summed E-state index contributed by atoms with van der Waals surface area (Å²) in [5.41, 5.74) is 1.79. The molecule has 0 N–H and O–H groups in total. The molecule has 1 amide bonds. The van der Waals surface area contributed by atoms with Crippen LogP contribution in [0.1, 0.15) is 24.6 Å². The van der Waals surface area contributed by atoms with E-state index < -0.39 is 0 Å².